The highest BCUT2D eigenvalue weighted by Gasteiger charge is 2.38. The van der Waals surface area contributed by atoms with Crippen LogP contribution in [0.4, 0.5) is 4.39 Å². The molecule has 1 amide bonds. The number of ether oxygens (including phenoxy) is 1. The minimum absolute atomic E-state index is 0.0253. The van der Waals surface area contributed by atoms with E-state index in [1.54, 1.807) is 12.1 Å². The summed E-state index contributed by atoms with van der Waals surface area (Å²) >= 11 is 6.63. The van der Waals surface area contributed by atoms with Gasteiger partial charge in [-0.25, -0.2) is 4.39 Å². The first-order valence-corrected chi connectivity index (χ1v) is 10.5. The fraction of sp³-hybridized carbons (Fsp3) is 0.333. The summed E-state index contributed by atoms with van der Waals surface area (Å²) < 4.78 is 19.9. The number of rotatable bonds is 3. The Morgan fingerprint density at radius 1 is 1.19 bits per heavy atom. The summed E-state index contributed by atoms with van der Waals surface area (Å²) in [7, 11) is 0. The van der Waals surface area contributed by atoms with Crippen LogP contribution in [0.25, 0.3) is 0 Å². The standard InChI is InChI=1S/C21H22FNO2S2/c1-14-13-23(20(24)16-6-4-3-5-7-16)18(12-19(14)25-21(26)27-2)15-8-10-17(22)11-9-15/h3-11,14,18-19H,12-13H2,1-2H3/t14-,18-,19?/m1/s1. The molecular weight excluding hydrogens is 381 g/mol. The number of halogens is 1. The summed E-state index contributed by atoms with van der Waals surface area (Å²) in [5.41, 5.74) is 1.55. The largest absolute Gasteiger partial charge is 0.475 e. The highest BCUT2D eigenvalue weighted by atomic mass is 32.2. The third-order valence-corrected chi connectivity index (χ3v) is 5.93. The van der Waals surface area contributed by atoms with Gasteiger partial charge in [0.25, 0.3) is 5.91 Å². The number of hydrogen-bond donors (Lipinski definition) is 0. The van der Waals surface area contributed by atoms with E-state index in [0.717, 1.165) is 5.56 Å². The van der Waals surface area contributed by atoms with Crippen LogP contribution in [0, 0.1) is 11.7 Å². The number of likely N-dealkylation sites (tertiary alicyclic amines) is 1. The maximum atomic E-state index is 13.4. The molecule has 1 unspecified atom stereocenters. The van der Waals surface area contributed by atoms with Crippen molar-refractivity contribution in [1.82, 2.24) is 4.90 Å². The van der Waals surface area contributed by atoms with Crippen LogP contribution in [0.2, 0.25) is 0 Å². The number of carbonyl (C=O) groups is 1. The van der Waals surface area contributed by atoms with E-state index in [0.29, 0.717) is 22.9 Å². The van der Waals surface area contributed by atoms with Crippen molar-refractivity contribution in [3.05, 3.63) is 71.5 Å². The Morgan fingerprint density at radius 3 is 2.48 bits per heavy atom. The maximum absolute atomic E-state index is 13.4. The minimum Gasteiger partial charge on any atom is -0.475 e. The molecule has 2 aromatic carbocycles. The van der Waals surface area contributed by atoms with Gasteiger partial charge in [0.15, 0.2) is 0 Å². The van der Waals surface area contributed by atoms with Crippen molar-refractivity contribution in [1.29, 1.82) is 0 Å². The zero-order valence-corrected chi connectivity index (χ0v) is 16.9. The van der Waals surface area contributed by atoms with Gasteiger partial charge in [0.05, 0.1) is 6.04 Å². The van der Waals surface area contributed by atoms with E-state index in [4.69, 9.17) is 17.0 Å². The fourth-order valence-electron chi connectivity index (χ4n) is 3.44. The summed E-state index contributed by atoms with van der Waals surface area (Å²) in [6.07, 6.45) is 2.42. The molecule has 27 heavy (non-hydrogen) atoms. The SMILES string of the molecule is CSC(=S)OC1C[C@H](c2ccc(F)cc2)N(C(=O)c2ccccc2)C[C@H]1C. The number of hydrogen-bond acceptors (Lipinski definition) is 4. The first kappa shape index (κ1) is 19.8. The first-order chi connectivity index (χ1) is 13.0. The lowest BCUT2D eigenvalue weighted by Crippen LogP contribution is -2.48. The number of thioether (sulfide) groups is 1. The Hall–Kier alpha value is -1.92. The summed E-state index contributed by atoms with van der Waals surface area (Å²) in [4.78, 5) is 15.0. The van der Waals surface area contributed by atoms with E-state index in [2.05, 4.69) is 6.92 Å². The number of amides is 1. The van der Waals surface area contributed by atoms with E-state index in [-0.39, 0.29) is 29.8 Å². The first-order valence-electron chi connectivity index (χ1n) is 8.85. The van der Waals surface area contributed by atoms with Crippen LogP contribution >= 0.6 is 24.0 Å². The normalized spacial score (nSPS) is 22.3. The molecule has 3 atom stereocenters. The molecule has 0 saturated carbocycles. The topological polar surface area (TPSA) is 29.5 Å². The molecule has 2 aromatic rings. The van der Waals surface area contributed by atoms with Crippen LogP contribution in [0.1, 0.15) is 35.3 Å². The number of piperidine rings is 1. The summed E-state index contributed by atoms with van der Waals surface area (Å²) in [5.74, 6) is -0.178. The summed E-state index contributed by atoms with van der Waals surface area (Å²) in [6, 6.07) is 15.4. The van der Waals surface area contributed by atoms with Gasteiger partial charge in [-0.3, -0.25) is 4.79 Å². The monoisotopic (exact) mass is 403 g/mol. The van der Waals surface area contributed by atoms with Crippen LogP contribution in [0.5, 0.6) is 0 Å². The smallest absolute Gasteiger partial charge is 0.254 e. The summed E-state index contributed by atoms with van der Waals surface area (Å²) in [6.45, 7) is 2.62. The van der Waals surface area contributed by atoms with Crippen molar-refractivity contribution in [2.24, 2.45) is 5.92 Å². The molecule has 1 heterocycles. The van der Waals surface area contributed by atoms with Crippen molar-refractivity contribution in [2.75, 3.05) is 12.8 Å². The second-order valence-electron chi connectivity index (χ2n) is 6.71. The molecule has 1 fully saturated rings. The molecule has 3 rings (SSSR count). The predicted molar refractivity (Wildman–Crippen MR) is 111 cm³/mol. The molecule has 1 aliphatic heterocycles. The molecule has 142 valence electrons. The van der Waals surface area contributed by atoms with Crippen molar-refractivity contribution in [3.8, 4) is 0 Å². The predicted octanol–water partition coefficient (Wildman–Crippen LogP) is 5.08. The van der Waals surface area contributed by atoms with E-state index in [1.165, 1.54) is 23.9 Å². The van der Waals surface area contributed by atoms with E-state index >= 15 is 0 Å². The van der Waals surface area contributed by atoms with E-state index < -0.39 is 0 Å². The maximum Gasteiger partial charge on any atom is 0.254 e. The highest BCUT2D eigenvalue weighted by molar-refractivity contribution is 8.22. The van der Waals surface area contributed by atoms with Gasteiger partial charge in [-0.05, 0) is 48.3 Å². The minimum atomic E-state index is -0.291. The Balaban J connectivity index is 1.91. The van der Waals surface area contributed by atoms with Crippen LogP contribution < -0.4 is 0 Å². The number of nitrogens with zero attached hydrogens (tertiary/aromatic N) is 1. The highest BCUT2D eigenvalue weighted by Crippen LogP contribution is 2.36. The Morgan fingerprint density at radius 2 is 1.85 bits per heavy atom. The lowest BCUT2D eigenvalue weighted by molar-refractivity contribution is 0.0120. The van der Waals surface area contributed by atoms with Gasteiger partial charge in [-0.15, -0.1) is 0 Å². The molecule has 6 heteroatoms. The molecule has 3 nitrogen and oxygen atoms in total. The van der Waals surface area contributed by atoms with E-state index in [1.807, 2.05) is 41.5 Å². The second-order valence-corrected chi connectivity index (χ2v) is 8.12. The van der Waals surface area contributed by atoms with Gasteiger partial charge < -0.3 is 9.64 Å². The number of carbonyl (C=O) groups excluding carboxylic acids is 1. The van der Waals surface area contributed by atoms with Crippen molar-refractivity contribution in [3.63, 3.8) is 0 Å². The average Bonchev–Trinajstić information content (AvgIpc) is 2.70. The lowest BCUT2D eigenvalue weighted by atomic mass is 9.87. The van der Waals surface area contributed by atoms with Crippen molar-refractivity contribution in [2.45, 2.75) is 25.5 Å². The van der Waals surface area contributed by atoms with Crippen molar-refractivity contribution >= 4 is 34.3 Å². The molecule has 0 aliphatic carbocycles. The third kappa shape index (κ3) is 4.68. The molecule has 0 N–H and O–H groups in total. The fourth-order valence-corrected chi connectivity index (χ4v) is 3.79. The van der Waals surface area contributed by atoms with Crippen LogP contribution in [0.3, 0.4) is 0 Å². The molecule has 0 aromatic heterocycles. The Labute approximate surface area is 168 Å². The van der Waals surface area contributed by atoms with Gasteiger partial charge in [-0.1, -0.05) is 49.0 Å². The number of benzene rings is 2. The number of thiocarbonyl (C=S) groups is 1. The Kier molecular flexibility index (Phi) is 6.50. The molecular formula is C21H22FNO2S2. The van der Waals surface area contributed by atoms with Crippen LogP contribution in [0.15, 0.2) is 54.6 Å². The molecule has 0 radical (unpaired) electrons. The van der Waals surface area contributed by atoms with Gasteiger partial charge in [0.1, 0.15) is 11.9 Å². The van der Waals surface area contributed by atoms with Gasteiger partial charge in [0, 0.05) is 24.4 Å². The van der Waals surface area contributed by atoms with Crippen LogP contribution in [-0.2, 0) is 4.74 Å². The Bertz CT molecular complexity index is 798. The van der Waals surface area contributed by atoms with Crippen molar-refractivity contribution < 1.29 is 13.9 Å². The van der Waals surface area contributed by atoms with E-state index in [9.17, 15) is 9.18 Å². The average molecular weight is 404 g/mol. The zero-order chi connectivity index (χ0) is 19.4. The second kappa shape index (κ2) is 8.85. The third-order valence-electron chi connectivity index (χ3n) is 4.90. The molecule has 0 bridgehead atoms. The quantitative estimate of drug-likeness (QED) is 0.668. The molecule has 0 spiro atoms. The van der Waals surface area contributed by atoms with Gasteiger partial charge >= 0.3 is 0 Å². The van der Waals surface area contributed by atoms with Crippen LogP contribution in [-0.4, -0.2) is 34.1 Å². The zero-order valence-electron chi connectivity index (χ0n) is 15.3. The molecule has 1 saturated heterocycles. The summed E-state index contributed by atoms with van der Waals surface area (Å²) in [5, 5.41) is 0. The lowest BCUT2D eigenvalue weighted by Gasteiger charge is -2.43. The molecule has 1 aliphatic rings. The van der Waals surface area contributed by atoms with Gasteiger partial charge in [0.2, 0.25) is 4.38 Å². The van der Waals surface area contributed by atoms with Gasteiger partial charge in [-0.2, -0.15) is 0 Å².